The van der Waals surface area contributed by atoms with Gasteiger partial charge in [-0.1, -0.05) is 6.07 Å². The summed E-state index contributed by atoms with van der Waals surface area (Å²) in [4.78, 5) is 17.8. The van der Waals surface area contributed by atoms with Crippen molar-refractivity contribution in [2.45, 2.75) is 32.9 Å². The summed E-state index contributed by atoms with van der Waals surface area (Å²) in [5, 5.41) is 10.1. The van der Waals surface area contributed by atoms with Crippen LogP contribution in [0.3, 0.4) is 0 Å². The molecular formula is C15H21N5O. The Balaban J connectivity index is 1.82. The molecule has 6 heteroatoms. The maximum absolute atomic E-state index is 12.1. The van der Waals surface area contributed by atoms with Gasteiger partial charge in [0.2, 0.25) is 0 Å². The average molecular weight is 287 g/mol. The first kappa shape index (κ1) is 15.0. The van der Waals surface area contributed by atoms with Gasteiger partial charge in [-0.05, 0) is 31.5 Å². The highest BCUT2D eigenvalue weighted by atomic mass is 16.2. The normalized spacial score (nSPS) is 12.0. The van der Waals surface area contributed by atoms with Gasteiger partial charge in [-0.25, -0.2) is 4.79 Å². The Morgan fingerprint density at radius 3 is 2.95 bits per heavy atom. The van der Waals surface area contributed by atoms with Crippen LogP contribution < -0.4 is 5.32 Å². The van der Waals surface area contributed by atoms with Crippen LogP contribution >= 0.6 is 0 Å². The van der Waals surface area contributed by atoms with E-state index in [0.29, 0.717) is 13.0 Å². The molecule has 0 spiro atoms. The number of aromatic amines is 1. The third kappa shape index (κ3) is 4.59. The molecule has 0 aromatic carbocycles. The molecular weight excluding hydrogens is 266 g/mol. The van der Waals surface area contributed by atoms with Gasteiger partial charge in [-0.15, -0.1) is 0 Å². The van der Waals surface area contributed by atoms with Crippen LogP contribution in [0.2, 0.25) is 0 Å². The van der Waals surface area contributed by atoms with E-state index in [1.807, 2.05) is 32.0 Å². The van der Waals surface area contributed by atoms with E-state index in [9.17, 15) is 4.79 Å². The molecule has 6 nitrogen and oxygen atoms in total. The van der Waals surface area contributed by atoms with Crippen LogP contribution in [-0.2, 0) is 13.0 Å². The number of carbonyl (C=O) groups is 1. The third-order valence-electron chi connectivity index (χ3n) is 3.13. The second kappa shape index (κ2) is 6.88. The molecule has 0 radical (unpaired) electrons. The number of H-pyrrole nitrogens is 1. The summed E-state index contributed by atoms with van der Waals surface area (Å²) in [7, 11) is 1.77. The molecule has 2 aromatic rings. The Morgan fingerprint density at radius 2 is 2.33 bits per heavy atom. The number of nitrogens with zero attached hydrogens (tertiary/aromatic N) is 3. The lowest BCUT2D eigenvalue weighted by Crippen LogP contribution is -2.42. The van der Waals surface area contributed by atoms with E-state index >= 15 is 0 Å². The molecule has 21 heavy (non-hydrogen) atoms. The van der Waals surface area contributed by atoms with Gasteiger partial charge in [0.1, 0.15) is 0 Å². The summed E-state index contributed by atoms with van der Waals surface area (Å²) in [6, 6.07) is 5.73. The topological polar surface area (TPSA) is 73.9 Å². The van der Waals surface area contributed by atoms with E-state index in [1.54, 1.807) is 24.3 Å². The van der Waals surface area contributed by atoms with E-state index in [2.05, 4.69) is 20.5 Å². The third-order valence-corrected chi connectivity index (χ3v) is 3.13. The Morgan fingerprint density at radius 1 is 1.52 bits per heavy atom. The molecule has 0 aliphatic carbocycles. The number of aryl methyl sites for hydroxylation is 1. The number of pyridine rings is 1. The van der Waals surface area contributed by atoms with Crippen LogP contribution in [0.1, 0.15) is 23.9 Å². The standard InChI is InChI=1S/C15H21N5O/c1-11(7-14-8-12(2)18-19-14)17-15(21)20(3)10-13-5-4-6-16-9-13/h4-6,8-9,11H,7,10H2,1-3H3,(H,17,21)(H,18,19)/t11-/m1/s1. The van der Waals surface area contributed by atoms with Gasteiger partial charge < -0.3 is 10.2 Å². The molecule has 0 bridgehead atoms. The lowest BCUT2D eigenvalue weighted by Gasteiger charge is -2.21. The van der Waals surface area contributed by atoms with Crippen molar-refractivity contribution in [3.05, 3.63) is 47.5 Å². The summed E-state index contributed by atoms with van der Waals surface area (Å²) in [5.74, 6) is 0. The lowest BCUT2D eigenvalue weighted by molar-refractivity contribution is 0.203. The van der Waals surface area contributed by atoms with Gasteiger partial charge in [-0.3, -0.25) is 10.1 Å². The van der Waals surface area contributed by atoms with Crippen LogP contribution in [-0.4, -0.2) is 39.2 Å². The first-order valence-electron chi connectivity index (χ1n) is 6.96. The van der Waals surface area contributed by atoms with Crippen molar-refractivity contribution in [2.24, 2.45) is 0 Å². The highest BCUT2D eigenvalue weighted by Crippen LogP contribution is 2.04. The van der Waals surface area contributed by atoms with Crippen LogP contribution in [0, 0.1) is 6.92 Å². The summed E-state index contributed by atoms with van der Waals surface area (Å²) >= 11 is 0. The van der Waals surface area contributed by atoms with E-state index in [1.165, 1.54) is 0 Å². The molecule has 2 aromatic heterocycles. The molecule has 2 N–H and O–H groups in total. The van der Waals surface area contributed by atoms with Crippen LogP contribution in [0.4, 0.5) is 4.79 Å². The van der Waals surface area contributed by atoms with Crippen molar-refractivity contribution < 1.29 is 4.79 Å². The lowest BCUT2D eigenvalue weighted by atomic mass is 10.2. The highest BCUT2D eigenvalue weighted by molar-refractivity contribution is 5.74. The van der Waals surface area contributed by atoms with Gasteiger partial charge in [0, 0.05) is 44.1 Å². The molecule has 0 saturated heterocycles. The molecule has 0 aliphatic rings. The minimum absolute atomic E-state index is 0.0246. The molecule has 0 unspecified atom stereocenters. The van der Waals surface area contributed by atoms with Crippen LogP contribution in [0.5, 0.6) is 0 Å². The summed E-state index contributed by atoms with van der Waals surface area (Å²) in [6.07, 6.45) is 4.19. The second-order valence-electron chi connectivity index (χ2n) is 5.31. The Kier molecular flexibility index (Phi) is 4.92. The van der Waals surface area contributed by atoms with Crippen molar-refractivity contribution in [1.82, 2.24) is 25.4 Å². The number of hydrogen-bond acceptors (Lipinski definition) is 3. The zero-order valence-corrected chi connectivity index (χ0v) is 12.6. The number of nitrogens with one attached hydrogen (secondary N) is 2. The summed E-state index contributed by atoms with van der Waals surface area (Å²) < 4.78 is 0. The molecule has 2 amide bonds. The summed E-state index contributed by atoms with van der Waals surface area (Å²) in [6.45, 7) is 4.47. The van der Waals surface area contributed by atoms with Crippen LogP contribution in [0.15, 0.2) is 30.6 Å². The SMILES string of the molecule is Cc1cc(C[C@@H](C)NC(=O)N(C)Cc2cccnc2)n[nH]1. The smallest absolute Gasteiger partial charge is 0.317 e. The molecule has 0 saturated carbocycles. The molecule has 0 aliphatic heterocycles. The van der Waals surface area contributed by atoms with Crippen molar-refractivity contribution in [3.8, 4) is 0 Å². The number of rotatable bonds is 5. The van der Waals surface area contributed by atoms with Gasteiger partial charge in [0.25, 0.3) is 0 Å². The van der Waals surface area contributed by atoms with Crippen molar-refractivity contribution >= 4 is 6.03 Å². The Hall–Kier alpha value is -2.37. The van der Waals surface area contributed by atoms with Gasteiger partial charge >= 0.3 is 6.03 Å². The van der Waals surface area contributed by atoms with E-state index in [4.69, 9.17) is 0 Å². The Labute approximate surface area is 124 Å². The monoisotopic (exact) mass is 287 g/mol. The molecule has 1 atom stereocenters. The van der Waals surface area contributed by atoms with Gasteiger partial charge in [0.15, 0.2) is 0 Å². The van der Waals surface area contributed by atoms with Crippen LogP contribution in [0.25, 0.3) is 0 Å². The molecule has 112 valence electrons. The quantitative estimate of drug-likeness (QED) is 0.882. The fraction of sp³-hybridized carbons (Fsp3) is 0.400. The number of amides is 2. The first-order valence-corrected chi connectivity index (χ1v) is 6.96. The van der Waals surface area contributed by atoms with E-state index in [-0.39, 0.29) is 12.1 Å². The number of carbonyl (C=O) groups excluding carboxylic acids is 1. The predicted octanol–water partition coefficient (Wildman–Crippen LogP) is 1.89. The van der Waals surface area contributed by atoms with Crippen molar-refractivity contribution in [3.63, 3.8) is 0 Å². The second-order valence-corrected chi connectivity index (χ2v) is 5.31. The highest BCUT2D eigenvalue weighted by Gasteiger charge is 2.13. The van der Waals surface area contributed by atoms with E-state index in [0.717, 1.165) is 17.0 Å². The maximum Gasteiger partial charge on any atom is 0.317 e. The number of aromatic nitrogens is 3. The number of urea groups is 1. The fourth-order valence-corrected chi connectivity index (χ4v) is 2.10. The largest absolute Gasteiger partial charge is 0.335 e. The van der Waals surface area contributed by atoms with Gasteiger partial charge in [0.05, 0.1) is 5.69 Å². The van der Waals surface area contributed by atoms with Crippen molar-refractivity contribution in [2.75, 3.05) is 7.05 Å². The fourth-order valence-electron chi connectivity index (χ4n) is 2.10. The van der Waals surface area contributed by atoms with Gasteiger partial charge in [-0.2, -0.15) is 5.10 Å². The first-order chi connectivity index (χ1) is 10.0. The number of hydrogen-bond donors (Lipinski definition) is 2. The summed E-state index contributed by atoms with van der Waals surface area (Å²) in [5.41, 5.74) is 2.98. The average Bonchev–Trinajstić information content (AvgIpc) is 2.84. The Bertz CT molecular complexity index is 581. The zero-order chi connectivity index (χ0) is 15.2. The zero-order valence-electron chi connectivity index (χ0n) is 12.6. The van der Waals surface area contributed by atoms with Crippen molar-refractivity contribution in [1.29, 1.82) is 0 Å². The molecule has 2 rings (SSSR count). The minimum atomic E-state index is -0.0985. The molecule has 0 fully saturated rings. The van der Waals surface area contributed by atoms with E-state index < -0.39 is 0 Å². The minimum Gasteiger partial charge on any atom is -0.335 e. The molecule has 2 heterocycles. The predicted molar refractivity (Wildman–Crippen MR) is 80.7 cm³/mol. The maximum atomic E-state index is 12.1.